The lowest BCUT2D eigenvalue weighted by Gasteiger charge is -2.12. The first-order valence-electron chi connectivity index (χ1n) is 9.35. The summed E-state index contributed by atoms with van der Waals surface area (Å²) in [5, 5.41) is 6.64. The summed E-state index contributed by atoms with van der Waals surface area (Å²) in [4.78, 5) is 4.66. The summed E-state index contributed by atoms with van der Waals surface area (Å²) in [5.74, 6) is 3.81. The summed E-state index contributed by atoms with van der Waals surface area (Å²) in [7, 11) is 3.26. The second kappa shape index (κ2) is 9.73. The van der Waals surface area contributed by atoms with Gasteiger partial charge in [-0.15, -0.1) is 0 Å². The van der Waals surface area contributed by atoms with Crippen LogP contribution in [0.3, 0.4) is 0 Å². The molecule has 0 amide bonds. The highest BCUT2D eigenvalue weighted by Crippen LogP contribution is 2.32. The van der Waals surface area contributed by atoms with Gasteiger partial charge in [-0.2, -0.15) is 0 Å². The van der Waals surface area contributed by atoms with Gasteiger partial charge in [0.15, 0.2) is 29.0 Å². The lowest BCUT2D eigenvalue weighted by Crippen LogP contribution is -2.38. The Morgan fingerprint density at radius 1 is 0.964 bits per heavy atom. The average molecular weight is 385 g/mol. The fourth-order valence-corrected chi connectivity index (χ4v) is 2.91. The predicted octanol–water partition coefficient (Wildman–Crippen LogP) is 2.73. The molecule has 7 heteroatoms. The second-order valence-corrected chi connectivity index (χ2v) is 6.25. The Bertz CT molecular complexity index is 823. The highest BCUT2D eigenvalue weighted by Gasteiger charge is 2.13. The normalized spacial score (nSPS) is 12.6. The first-order valence-corrected chi connectivity index (χ1v) is 9.35. The molecule has 0 aliphatic carbocycles. The molecule has 0 radical (unpaired) electrons. The van der Waals surface area contributed by atoms with Crippen LogP contribution in [0.4, 0.5) is 0 Å². The van der Waals surface area contributed by atoms with Crippen molar-refractivity contribution in [3.05, 3.63) is 47.5 Å². The number of rotatable bonds is 8. The fourth-order valence-electron chi connectivity index (χ4n) is 2.91. The molecule has 2 aromatic rings. The molecule has 0 atom stereocenters. The minimum Gasteiger partial charge on any atom is -0.493 e. The molecule has 0 bridgehead atoms. The van der Waals surface area contributed by atoms with E-state index in [2.05, 4.69) is 21.7 Å². The van der Waals surface area contributed by atoms with Crippen LogP contribution < -0.4 is 29.6 Å². The van der Waals surface area contributed by atoms with Crippen LogP contribution in [0.25, 0.3) is 0 Å². The third-order valence-corrected chi connectivity index (χ3v) is 4.36. The van der Waals surface area contributed by atoms with Crippen LogP contribution in [0.5, 0.6) is 23.0 Å². The van der Waals surface area contributed by atoms with E-state index < -0.39 is 0 Å². The Morgan fingerprint density at radius 3 is 2.54 bits per heavy atom. The molecular weight excluding hydrogens is 358 g/mol. The van der Waals surface area contributed by atoms with Crippen molar-refractivity contribution in [3.8, 4) is 23.0 Å². The quantitative estimate of drug-likeness (QED) is 0.538. The third-order valence-electron chi connectivity index (χ3n) is 4.36. The van der Waals surface area contributed by atoms with Gasteiger partial charge in [-0.1, -0.05) is 12.1 Å². The van der Waals surface area contributed by atoms with Crippen molar-refractivity contribution >= 4 is 5.96 Å². The number of benzene rings is 2. The lowest BCUT2D eigenvalue weighted by atomic mass is 10.1. The molecule has 1 heterocycles. The van der Waals surface area contributed by atoms with E-state index in [4.69, 9.17) is 18.9 Å². The lowest BCUT2D eigenvalue weighted by molar-refractivity contribution is 0.174. The van der Waals surface area contributed by atoms with Gasteiger partial charge in [0.05, 0.1) is 20.8 Å². The molecule has 7 nitrogen and oxygen atoms in total. The maximum absolute atomic E-state index is 5.43. The number of aliphatic imine (C=N–C) groups is 1. The van der Waals surface area contributed by atoms with Gasteiger partial charge in [-0.05, 0) is 48.7 Å². The van der Waals surface area contributed by atoms with Gasteiger partial charge in [0.1, 0.15) is 0 Å². The van der Waals surface area contributed by atoms with Crippen molar-refractivity contribution in [2.45, 2.75) is 19.9 Å². The molecule has 1 aliphatic heterocycles. The van der Waals surface area contributed by atoms with Crippen LogP contribution in [-0.2, 0) is 13.0 Å². The van der Waals surface area contributed by atoms with Gasteiger partial charge in [-0.25, -0.2) is 4.99 Å². The maximum atomic E-state index is 5.43. The zero-order valence-corrected chi connectivity index (χ0v) is 16.6. The minimum atomic E-state index is 0.296. The molecule has 0 aromatic heterocycles. The molecule has 0 saturated heterocycles. The first kappa shape index (κ1) is 19.7. The molecule has 2 aromatic carbocycles. The summed E-state index contributed by atoms with van der Waals surface area (Å²) in [5.41, 5.74) is 2.23. The van der Waals surface area contributed by atoms with E-state index in [0.29, 0.717) is 24.8 Å². The van der Waals surface area contributed by atoms with Crippen LogP contribution in [0.2, 0.25) is 0 Å². The molecule has 2 N–H and O–H groups in total. The molecule has 150 valence electrons. The third kappa shape index (κ3) is 5.00. The standard InChI is InChI=1S/C21H27N3O4/c1-4-22-21(24-13-16-6-7-17(25-2)19(12-16)26-3)23-10-9-15-5-8-18-20(11-15)28-14-27-18/h5-8,11-12H,4,9-10,13-14H2,1-3H3,(H2,22,23,24). The summed E-state index contributed by atoms with van der Waals surface area (Å²) in [6, 6.07) is 11.9. The largest absolute Gasteiger partial charge is 0.493 e. The van der Waals surface area contributed by atoms with E-state index in [1.807, 2.05) is 37.3 Å². The van der Waals surface area contributed by atoms with Crippen LogP contribution in [0.1, 0.15) is 18.1 Å². The smallest absolute Gasteiger partial charge is 0.231 e. The van der Waals surface area contributed by atoms with Crippen molar-refractivity contribution < 1.29 is 18.9 Å². The van der Waals surface area contributed by atoms with Crippen LogP contribution in [-0.4, -0.2) is 40.1 Å². The molecule has 0 saturated carbocycles. The zero-order chi connectivity index (χ0) is 19.8. The number of ether oxygens (including phenoxy) is 4. The van der Waals surface area contributed by atoms with Crippen LogP contribution in [0, 0.1) is 0 Å². The Kier molecular flexibility index (Phi) is 6.84. The minimum absolute atomic E-state index is 0.296. The average Bonchev–Trinajstić information content (AvgIpc) is 3.19. The number of nitrogens with zero attached hydrogens (tertiary/aromatic N) is 1. The number of hydrogen-bond acceptors (Lipinski definition) is 5. The summed E-state index contributed by atoms with van der Waals surface area (Å²) in [6.45, 7) is 4.44. The SMILES string of the molecule is CCNC(=NCc1ccc(OC)c(OC)c1)NCCc1ccc2c(c1)OCO2. The van der Waals surface area contributed by atoms with Gasteiger partial charge in [0, 0.05) is 13.1 Å². The fraction of sp³-hybridized carbons (Fsp3) is 0.381. The number of methoxy groups -OCH3 is 2. The van der Waals surface area contributed by atoms with E-state index >= 15 is 0 Å². The van der Waals surface area contributed by atoms with Gasteiger partial charge in [0.2, 0.25) is 6.79 Å². The summed E-state index contributed by atoms with van der Waals surface area (Å²) < 4.78 is 21.4. The molecule has 3 rings (SSSR count). The molecule has 0 fully saturated rings. The van der Waals surface area contributed by atoms with Crippen molar-refractivity contribution in [1.29, 1.82) is 0 Å². The van der Waals surface area contributed by atoms with Gasteiger partial charge >= 0.3 is 0 Å². The van der Waals surface area contributed by atoms with E-state index in [1.54, 1.807) is 14.2 Å². The first-order chi connectivity index (χ1) is 13.7. The Hall–Kier alpha value is -3.09. The van der Waals surface area contributed by atoms with Crippen molar-refractivity contribution in [2.24, 2.45) is 4.99 Å². The molecule has 1 aliphatic rings. The van der Waals surface area contributed by atoms with Gasteiger partial charge < -0.3 is 29.6 Å². The van der Waals surface area contributed by atoms with E-state index in [9.17, 15) is 0 Å². The van der Waals surface area contributed by atoms with Gasteiger partial charge in [-0.3, -0.25) is 0 Å². The van der Waals surface area contributed by atoms with Crippen LogP contribution >= 0.6 is 0 Å². The summed E-state index contributed by atoms with van der Waals surface area (Å²) in [6.07, 6.45) is 0.859. The van der Waals surface area contributed by atoms with Gasteiger partial charge in [0.25, 0.3) is 0 Å². The number of nitrogens with one attached hydrogen (secondary N) is 2. The number of hydrogen-bond donors (Lipinski definition) is 2. The maximum Gasteiger partial charge on any atom is 0.231 e. The Balaban J connectivity index is 1.57. The highest BCUT2D eigenvalue weighted by atomic mass is 16.7. The molecule has 28 heavy (non-hydrogen) atoms. The van der Waals surface area contributed by atoms with Crippen LogP contribution in [0.15, 0.2) is 41.4 Å². The molecule has 0 spiro atoms. The summed E-state index contributed by atoms with van der Waals surface area (Å²) >= 11 is 0. The van der Waals surface area contributed by atoms with E-state index in [-0.39, 0.29) is 0 Å². The predicted molar refractivity (Wildman–Crippen MR) is 109 cm³/mol. The topological polar surface area (TPSA) is 73.3 Å². The number of fused-ring (bicyclic) bond motifs is 1. The second-order valence-electron chi connectivity index (χ2n) is 6.25. The monoisotopic (exact) mass is 385 g/mol. The molecule has 0 unspecified atom stereocenters. The Morgan fingerprint density at radius 2 is 1.75 bits per heavy atom. The number of guanidine groups is 1. The van der Waals surface area contributed by atoms with E-state index in [1.165, 1.54) is 5.56 Å². The van der Waals surface area contributed by atoms with E-state index in [0.717, 1.165) is 42.5 Å². The Labute approximate surface area is 165 Å². The zero-order valence-electron chi connectivity index (χ0n) is 16.6. The van der Waals surface area contributed by atoms with Crippen molar-refractivity contribution in [1.82, 2.24) is 10.6 Å². The molecular formula is C21H27N3O4. The van der Waals surface area contributed by atoms with Crippen molar-refractivity contribution in [2.75, 3.05) is 34.1 Å². The highest BCUT2D eigenvalue weighted by molar-refractivity contribution is 5.79. The van der Waals surface area contributed by atoms with Crippen molar-refractivity contribution in [3.63, 3.8) is 0 Å².